The van der Waals surface area contributed by atoms with Crippen molar-refractivity contribution in [2.75, 3.05) is 0 Å². The van der Waals surface area contributed by atoms with Crippen LogP contribution in [0.25, 0.3) is 0 Å². The molecule has 0 saturated heterocycles. The van der Waals surface area contributed by atoms with Gasteiger partial charge in [-0.05, 0) is 6.42 Å². The van der Waals surface area contributed by atoms with Gasteiger partial charge < -0.3 is 15.3 Å². The Morgan fingerprint density at radius 1 is 0.696 bits per heavy atom. The maximum absolute atomic E-state index is 10.5. The van der Waals surface area contributed by atoms with Gasteiger partial charge in [0.05, 0.1) is 0 Å². The van der Waals surface area contributed by atoms with Gasteiger partial charge in [0.25, 0.3) is 5.79 Å². The zero-order valence-corrected chi connectivity index (χ0v) is 14.4. The van der Waals surface area contributed by atoms with Crippen molar-refractivity contribution >= 4 is 43.7 Å². The van der Waals surface area contributed by atoms with Gasteiger partial charge in [0.15, 0.2) is 0 Å². The fourth-order valence-electron chi connectivity index (χ4n) is 2.67. The number of rotatable bonds is 16. The molecule has 0 saturated carbocycles. The summed E-state index contributed by atoms with van der Waals surface area (Å²) in [7, 11) is 0. The zero-order chi connectivity index (χ0) is 16.7. The van der Waals surface area contributed by atoms with E-state index in [1.807, 2.05) is 0 Å². The van der Waals surface area contributed by atoms with E-state index < -0.39 is 11.8 Å². The molecule has 0 aromatic heterocycles. The molecule has 0 fully saturated rings. The van der Waals surface area contributed by atoms with Crippen molar-refractivity contribution < 1.29 is 20.1 Å². The molecule has 0 spiro atoms. The Balaban J connectivity index is 0. The molecule has 3 N–H and O–H groups in total. The molecule has 4 nitrogen and oxygen atoms in total. The van der Waals surface area contributed by atoms with Gasteiger partial charge in [-0.2, -0.15) is 0 Å². The Morgan fingerprint density at radius 3 is 1.30 bits per heavy atom. The van der Waals surface area contributed by atoms with E-state index in [9.17, 15) is 4.79 Å². The number of aliphatic hydroxyl groups is 2. The van der Waals surface area contributed by atoms with Crippen molar-refractivity contribution in [2.45, 2.75) is 109 Å². The predicted molar refractivity (Wildman–Crippen MR) is 98.3 cm³/mol. The zero-order valence-electron chi connectivity index (χ0n) is 14.4. The summed E-state index contributed by atoms with van der Waals surface area (Å²) in [6, 6.07) is 0. The molecule has 5 heteroatoms. The van der Waals surface area contributed by atoms with E-state index in [4.69, 9.17) is 15.3 Å². The van der Waals surface area contributed by atoms with Crippen LogP contribution in [0.5, 0.6) is 0 Å². The summed E-state index contributed by atoms with van der Waals surface area (Å²) in [6.07, 6.45) is 17.0. The van der Waals surface area contributed by atoms with Gasteiger partial charge in [-0.15, -0.1) is 0 Å². The van der Waals surface area contributed by atoms with Crippen molar-refractivity contribution in [1.82, 2.24) is 0 Å². The van der Waals surface area contributed by atoms with Gasteiger partial charge in [-0.1, -0.05) is 90.4 Å². The predicted octanol–water partition coefficient (Wildman–Crippen LogP) is 3.71. The molecule has 0 unspecified atom stereocenters. The van der Waals surface area contributed by atoms with Crippen LogP contribution in [-0.2, 0) is 4.79 Å². The van der Waals surface area contributed by atoms with E-state index in [1.54, 1.807) is 0 Å². The molecule has 0 aliphatic heterocycles. The number of aliphatic carboxylic acids is 1. The van der Waals surface area contributed by atoms with Gasteiger partial charge in [-0.3, -0.25) is 0 Å². The van der Waals surface area contributed by atoms with Gasteiger partial charge in [0, 0.05) is 6.42 Å². The number of carboxylic acid groups (broad SMARTS) is 1. The average Bonchev–Trinajstić information content (AvgIpc) is 2.47. The van der Waals surface area contributed by atoms with Crippen molar-refractivity contribution in [2.24, 2.45) is 0 Å². The van der Waals surface area contributed by atoms with Gasteiger partial charge in [-0.25, -0.2) is 4.79 Å². The standard InChI is InChI=1S/C18H36O4.Ca.2H/c1-2-3-4-5-6-7-8-9-10-11-12-13-14-15-16-18(21,22)17(19)20;;;/h21-22H,2-16H2,1H3,(H,19,20);;;. The first-order chi connectivity index (χ1) is 10.5. The van der Waals surface area contributed by atoms with E-state index >= 15 is 0 Å². The summed E-state index contributed by atoms with van der Waals surface area (Å²) in [5, 5.41) is 26.8. The van der Waals surface area contributed by atoms with Gasteiger partial charge in [0.2, 0.25) is 0 Å². The molecule has 0 aromatic rings. The second-order valence-electron chi connectivity index (χ2n) is 6.47. The SMILES string of the molecule is CCCCCCCCCCCCCCCCC(O)(O)C(=O)O.[CaH2]. The first-order valence-corrected chi connectivity index (χ1v) is 9.19. The molecule has 0 aliphatic carbocycles. The van der Waals surface area contributed by atoms with Crippen molar-refractivity contribution in [3.8, 4) is 0 Å². The van der Waals surface area contributed by atoms with Crippen LogP contribution in [0.15, 0.2) is 0 Å². The molecule has 0 rings (SSSR count). The van der Waals surface area contributed by atoms with E-state index in [-0.39, 0.29) is 44.2 Å². The minimum atomic E-state index is -2.54. The van der Waals surface area contributed by atoms with Crippen molar-refractivity contribution in [1.29, 1.82) is 0 Å². The third kappa shape index (κ3) is 17.3. The topological polar surface area (TPSA) is 77.8 Å². The Labute approximate surface area is 172 Å². The van der Waals surface area contributed by atoms with Crippen LogP contribution in [0, 0.1) is 0 Å². The normalized spacial score (nSPS) is 11.3. The fourth-order valence-corrected chi connectivity index (χ4v) is 2.67. The third-order valence-corrected chi connectivity index (χ3v) is 4.22. The minimum absolute atomic E-state index is 0. The van der Waals surface area contributed by atoms with Crippen LogP contribution < -0.4 is 0 Å². The number of hydrogen-bond donors (Lipinski definition) is 3. The molecule has 23 heavy (non-hydrogen) atoms. The summed E-state index contributed by atoms with van der Waals surface area (Å²) in [5.74, 6) is -4.10. The number of carbonyl (C=O) groups is 1. The van der Waals surface area contributed by atoms with Gasteiger partial charge in [0.1, 0.15) is 0 Å². The van der Waals surface area contributed by atoms with E-state index in [0.717, 1.165) is 19.3 Å². The number of carboxylic acids is 1. The molecule has 0 atom stereocenters. The second-order valence-corrected chi connectivity index (χ2v) is 6.47. The molecule has 0 heterocycles. The first kappa shape index (κ1) is 25.9. The van der Waals surface area contributed by atoms with Crippen LogP contribution >= 0.6 is 0 Å². The number of unbranched alkanes of at least 4 members (excludes halogenated alkanes) is 13. The Bertz CT molecular complexity index is 270. The van der Waals surface area contributed by atoms with Crippen LogP contribution in [0.2, 0.25) is 0 Å². The van der Waals surface area contributed by atoms with Crippen LogP contribution in [0.3, 0.4) is 0 Å². The third-order valence-electron chi connectivity index (χ3n) is 4.22. The number of hydrogen-bond acceptors (Lipinski definition) is 3. The fraction of sp³-hybridized carbons (Fsp3) is 0.944. The molecule has 0 aromatic carbocycles. The van der Waals surface area contributed by atoms with Gasteiger partial charge >= 0.3 is 43.7 Å². The summed E-state index contributed by atoms with van der Waals surface area (Å²) in [6.45, 7) is 2.25. The van der Waals surface area contributed by atoms with Crippen LogP contribution in [0.1, 0.15) is 103 Å². The molecule has 0 bridgehead atoms. The molecular formula is C18H38CaO4. The first-order valence-electron chi connectivity index (χ1n) is 9.19. The molecule has 136 valence electrons. The summed E-state index contributed by atoms with van der Waals surface area (Å²) in [5.41, 5.74) is 0. The van der Waals surface area contributed by atoms with Crippen molar-refractivity contribution in [3.05, 3.63) is 0 Å². The summed E-state index contributed by atoms with van der Waals surface area (Å²) < 4.78 is 0. The quantitative estimate of drug-likeness (QED) is 0.223. The molecule has 0 radical (unpaired) electrons. The average molecular weight is 359 g/mol. The second kappa shape index (κ2) is 17.5. The molecular weight excluding hydrogens is 320 g/mol. The van der Waals surface area contributed by atoms with E-state index in [0.29, 0.717) is 6.42 Å². The van der Waals surface area contributed by atoms with E-state index in [2.05, 4.69) is 6.92 Å². The summed E-state index contributed by atoms with van der Waals surface area (Å²) in [4.78, 5) is 10.5. The Morgan fingerprint density at radius 2 is 1.00 bits per heavy atom. The maximum atomic E-state index is 10.5. The monoisotopic (exact) mass is 358 g/mol. The Hall–Kier alpha value is 0.650. The van der Waals surface area contributed by atoms with Crippen molar-refractivity contribution in [3.63, 3.8) is 0 Å². The van der Waals surface area contributed by atoms with Crippen LogP contribution in [-0.4, -0.2) is 64.8 Å². The van der Waals surface area contributed by atoms with E-state index in [1.165, 1.54) is 64.2 Å². The van der Waals surface area contributed by atoms with Crippen LogP contribution in [0.4, 0.5) is 0 Å². The summed E-state index contributed by atoms with van der Waals surface area (Å²) >= 11 is 0. The Kier molecular flexibility index (Phi) is 19.7. The molecule has 0 aliphatic rings. The molecule has 0 amide bonds.